The molecule has 106 valence electrons. The van der Waals surface area contributed by atoms with Gasteiger partial charge < -0.3 is 15.9 Å². The Morgan fingerprint density at radius 3 is 2.22 bits per heavy atom. The van der Waals surface area contributed by atoms with Gasteiger partial charge in [-0.25, -0.2) is 0 Å². The van der Waals surface area contributed by atoms with Crippen LogP contribution in [0.5, 0.6) is 0 Å². The summed E-state index contributed by atoms with van der Waals surface area (Å²) in [6.45, 7) is 10.2. The molecule has 3 nitrogen and oxygen atoms in total. The first-order valence-electron chi connectivity index (χ1n) is 7.24. The summed E-state index contributed by atoms with van der Waals surface area (Å²) in [5.41, 5.74) is 4.05. The van der Waals surface area contributed by atoms with Crippen molar-refractivity contribution >= 4 is 0 Å². The van der Waals surface area contributed by atoms with E-state index in [9.17, 15) is 10.2 Å². The van der Waals surface area contributed by atoms with E-state index < -0.39 is 11.2 Å². The Bertz CT molecular complexity index is 337. The van der Waals surface area contributed by atoms with E-state index in [0.29, 0.717) is 11.8 Å². The van der Waals surface area contributed by atoms with Gasteiger partial charge in [0.2, 0.25) is 0 Å². The zero-order chi connectivity index (χ0) is 13.9. The molecule has 3 fully saturated rings. The fourth-order valence-corrected chi connectivity index (χ4v) is 4.46. The third kappa shape index (κ3) is 1.60. The monoisotopic (exact) mass is 255 g/mol. The molecule has 3 saturated carbocycles. The van der Waals surface area contributed by atoms with E-state index in [0.717, 1.165) is 19.3 Å². The summed E-state index contributed by atoms with van der Waals surface area (Å²) in [5, 5.41) is 21.7. The standard InChI is InChI=1S/C15H29NO2/c1-9(2)6-12(16)11-7-10-8-15(18,13(10,3)4)14(11,5)17/h9-12,17-18H,6-8,16H2,1-5H3/t10?,11?,12?,14?,15-/m1/s1. The zero-order valence-corrected chi connectivity index (χ0v) is 12.4. The highest BCUT2D eigenvalue weighted by Crippen LogP contribution is 2.67. The van der Waals surface area contributed by atoms with Gasteiger partial charge in [-0.15, -0.1) is 0 Å². The second-order valence-corrected chi connectivity index (χ2v) is 7.77. The average molecular weight is 255 g/mol. The fourth-order valence-electron chi connectivity index (χ4n) is 4.46. The number of rotatable bonds is 3. The normalized spacial score (nSPS) is 47.8. The maximum Gasteiger partial charge on any atom is 0.0989 e. The lowest BCUT2D eigenvalue weighted by molar-refractivity contribution is -0.335. The lowest BCUT2D eigenvalue weighted by atomic mass is 9.38. The first-order valence-corrected chi connectivity index (χ1v) is 7.24. The van der Waals surface area contributed by atoms with Crippen LogP contribution in [0.1, 0.15) is 53.9 Å². The van der Waals surface area contributed by atoms with Crippen molar-refractivity contribution in [2.45, 2.75) is 71.1 Å². The number of hydrogen-bond acceptors (Lipinski definition) is 3. The van der Waals surface area contributed by atoms with Gasteiger partial charge in [-0.05, 0) is 43.4 Å². The van der Waals surface area contributed by atoms with Crippen LogP contribution in [0, 0.1) is 23.2 Å². The topological polar surface area (TPSA) is 66.5 Å². The van der Waals surface area contributed by atoms with Crippen LogP contribution in [-0.4, -0.2) is 27.5 Å². The highest BCUT2D eigenvalue weighted by molar-refractivity contribution is 5.23. The van der Waals surface area contributed by atoms with Crippen LogP contribution in [0.15, 0.2) is 0 Å². The molecule has 0 aromatic carbocycles. The van der Waals surface area contributed by atoms with Gasteiger partial charge in [-0.3, -0.25) is 0 Å². The molecule has 0 heterocycles. The van der Waals surface area contributed by atoms with E-state index in [4.69, 9.17) is 5.73 Å². The smallest absolute Gasteiger partial charge is 0.0989 e. The molecule has 2 bridgehead atoms. The van der Waals surface area contributed by atoms with Crippen molar-refractivity contribution in [1.82, 2.24) is 0 Å². The molecule has 0 spiro atoms. The summed E-state index contributed by atoms with van der Waals surface area (Å²) < 4.78 is 0. The van der Waals surface area contributed by atoms with Gasteiger partial charge in [-0.1, -0.05) is 27.7 Å². The molecule has 0 amide bonds. The quantitative estimate of drug-likeness (QED) is 0.721. The Balaban J connectivity index is 2.22. The van der Waals surface area contributed by atoms with E-state index in [-0.39, 0.29) is 17.4 Å². The predicted molar refractivity (Wildman–Crippen MR) is 73.0 cm³/mol. The molecule has 0 aliphatic heterocycles. The van der Waals surface area contributed by atoms with Crippen molar-refractivity contribution in [2.24, 2.45) is 28.9 Å². The van der Waals surface area contributed by atoms with Gasteiger partial charge >= 0.3 is 0 Å². The third-order valence-electron chi connectivity index (χ3n) is 5.99. The van der Waals surface area contributed by atoms with Crippen LogP contribution in [0.3, 0.4) is 0 Å². The van der Waals surface area contributed by atoms with Crippen molar-refractivity contribution in [3.8, 4) is 0 Å². The van der Waals surface area contributed by atoms with Crippen molar-refractivity contribution in [3.05, 3.63) is 0 Å². The Morgan fingerprint density at radius 1 is 1.22 bits per heavy atom. The summed E-state index contributed by atoms with van der Waals surface area (Å²) in [5.74, 6) is 1.03. The zero-order valence-electron chi connectivity index (χ0n) is 12.4. The molecule has 0 saturated heterocycles. The Morgan fingerprint density at radius 2 is 1.78 bits per heavy atom. The van der Waals surface area contributed by atoms with Crippen molar-refractivity contribution in [1.29, 1.82) is 0 Å². The molecule has 4 N–H and O–H groups in total. The maximum absolute atomic E-state index is 10.9. The molecule has 0 radical (unpaired) electrons. The van der Waals surface area contributed by atoms with E-state index in [1.165, 1.54) is 0 Å². The van der Waals surface area contributed by atoms with Crippen LogP contribution in [0.2, 0.25) is 0 Å². The van der Waals surface area contributed by atoms with Crippen molar-refractivity contribution in [3.63, 3.8) is 0 Å². The summed E-state index contributed by atoms with van der Waals surface area (Å²) in [6.07, 6.45) is 2.57. The first kappa shape index (κ1) is 14.3. The van der Waals surface area contributed by atoms with Gasteiger partial charge in [0.1, 0.15) is 0 Å². The molecule has 4 unspecified atom stereocenters. The molecule has 3 heteroatoms. The molecule has 18 heavy (non-hydrogen) atoms. The van der Waals surface area contributed by atoms with Gasteiger partial charge in [0.15, 0.2) is 0 Å². The summed E-state index contributed by atoms with van der Waals surface area (Å²) >= 11 is 0. The third-order valence-corrected chi connectivity index (χ3v) is 5.99. The van der Waals surface area contributed by atoms with Gasteiger partial charge in [-0.2, -0.15) is 0 Å². The summed E-state index contributed by atoms with van der Waals surface area (Å²) in [7, 11) is 0. The molecule has 5 atom stereocenters. The van der Waals surface area contributed by atoms with Crippen LogP contribution in [0.25, 0.3) is 0 Å². The number of fused-ring (bicyclic) bond motifs is 2. The molecule has 3 aliphatic carbocycles. The minimum absolute atomic E-state index is 0.0108. The largest absolute Gasteiger partial charge is 0.387 e. The first-order chi connectivity index (χ1) is 8.04. The fraction of sp³-hybridized carbons (Fsp3) is 1.00. The van der Waals surface area contributed by atoms with Crippen LogP contribution in [0.4, 0.5) is 0 Å². The Hall–Kier alpha value is -0.120. The molecule has 0 aromatic heterocycles. The van der Waals surface area contributed by atoms with Gasteiger partial charge in [0.05, 0.1) is 11.2 Å². The highest BCUT2D eigenvalue weighted by Gasteiger charge is 2.73. The number of hydrogen-bond donors (Lipinski definition) is 3. The summed E-state index contributed by atoms with van der Waals surface area (Å²) in [6, 6.07) is -0.0228. The average Bonchev–Trinajstić information content (AvgIpc) is 2.19. The highest BCUT2D eigenvalue weighted by atomic mass is 16.4. The predicted octanol–water partition coefficient (Wildman–Crippen LogP) is 1.91. The van der Waals surface area contributed by atoms with E-state index in [2.05, 4.69) is 27.7 Å². The number of aliphatic hydroxyl groups is 2. The summed E-state index contributed by atoms with van der Waals surface area (Å²) in [4.78, 5) is 0. The van der Waals surface area contributed by atoms with Crippen LogP contribution >= 0.6 is 0 Å². The van der Waals surface area contributed by atoms with E-state index >= 15 is 0 Å². The van der Waals surface area contributed by atoms with Gasteiger partial charge in [0.25, 0.3) is 0 Å². The molecular formula is C15H29NO2. The Labute approximate surface area is 111 Å². The lowest BCUT2D eigenvalue weighted by Gasteiger charge is -2.71. The second kappa shape index (κ2) is 3.94. The molecular weight excluding hydrogens is 226 g/mol. The van der Waals surface area contributed by atoms with Crippen molar-refractivity contribution < 1.29 is 10.2 Å². The molecule has 3 aliphatic rings. The molecule has 0 aromatic rings. The van der Waals surface area contributed by atoms with E-state index in [1.807, 2.05) is 0 Å². The maximum atomic E-state index is 10.9. The van der Waals surface area contributed by atoms with Gasteiger partial charge in [0, 0.05) is 12.0 Å². The Kier molecular flexibility index (Phi) is 3.13. The van der Waals surface area contributed by atoms with E-state index in [1.54, 1.807) is 6.92 Å². The second-order valence-electron chi connectivity index (χ2n) is 7.77. The van der Waals surface area contributed by atoms with Crippen LogP contribution in [-0.2, 0) is 0 Å². The SMILES string of the molecule is CC(C)CC(N)C1CC2C[C@@](O)(C2(C)C)C1(C)O. The minimum atomic E-state index is -1.07. The minimum Gasteiger partial charge on any atom is -0.387 e. The number of nitrogens with two attached hydrogens (primary N) is 1. The van der Waals surface area contributed by atoms with Crippen molar-refractivity contribution in [2.75, 3.05) is 0 Å². The van der Waals surface area contributed by atoms with Crippen LogP contribution < -0.4 is 5.73 Å². The lowest BCUT2D eigenvalue weighted by Crippen LogP contribution is -2.79. The molecule has 3 rings (SSSR count).